The summed E-state index contributed by atoms with van der Waals surface area (Å²) in [6.45, 7) is 5.99. The fourth-order valence-electron chi connectivity index (χ4n) is 1.78. The molecule has 1 rings (SSSR count). The number of hydrogen-bond acceptors (Lipinski definition) is 2. The van der Waals surface area contributed by atoms with Gasteiger partial charge >= 0.3 is 0 Å². The zero-order valence-corrected chi connectivity index (χ0v) is 11.3. The number of aryl methyl sites for hydroxylation is 1. The molecule has 1 unspecified atom stereocenters. The Kier molecular flexibility index (Phi) is 6.22. The maximum atomic E-state index is 7.12. The number of rotatable bonds is 7. The van der Waals surface area contributed by atoms with Crippen LogP contribution in [-0.2, 0) is 13.0 Å². The van der Waals surface area contributed by atoms with E-state index in [0.29, 0.717) is 0 Å². The van der Waals surface area contributed by atoms with Gasteiger partial charge in [0.25, 0.3) is 0 Å². The minimum atomic E-state index is 0.0395. The highest BCUT2D eigenvalue weighted by Crippen LogP contribution is 2.04. The van der Waals surface area contributed by atoms with Gasteiger partial charge in [-0.05, 0) is 37.4 Å². The van der Waals surface area contributed by atoms with Crippen molar-refractivity contribution < 1.29 is 0 Å². The van der Waals surface area contributed by atoms with Gasteiger partial charge < -0.3 is 16.4 Å². The van der Waals surface area contributed by atoms with Crippen LogP contribution in [0.4, 0.5) is 0 Å². The van der Waals surface area contributed by atoms with Gasteiger partial charge in [-0.2, -0.15) is 0 Å². The second-order valence-electron chi connectivity index (χ2n) is 4.59. The van der Waals surface area contributed by atoms with Crippen LogP contribution in [-0.4, -0.2) is 18.5 Å². The molecular formula is C14H24N4. The van der Waals surface area contributed by atoms with Gasteiger partial charge in [-0.3, -0.25) is 5.41 Å². The molecule has 1 aromatic carbocycles. The molecule has 0 aliphatic carbocycles. The summed E-state index contributed by atoms with van der Waals surface area (Å²) in [5.74, 6) is 0.0395. The molecule has 0 saturated heterocycles. The molecular weight excluding hydrogens is 224 g/mol. The van der Waals surface area contributed by atoms with Crippen molar-refractivity contribution in [3.63, 3.8) is 0 Å². The average molecular weight is 248 g/mol. The lowest BCUT2D eigenvalue weighted by molar-refractivity contribution is 0.553. The fraction of sp³-hybridized carbons (Fsp3) is 0.500. The first-order chi connectivity index (χ1) is 8.61. The van der Waals surface area contributed by atoms with E-state index in [0.717, 1.165) is 25.9 Å². The molecule has 0 amide bonds. The molecule has 0 aromatic heterocycles. The molecule has 0 spiro atoms. The highest BCUT2D eigenvalue weighted by atomic mass is 15.1. The van der Waals surface area contributed by atoms with Gasteiger partial charge in [0, 0.05) is 12.6 Å². The molecule has 4 nitrogen and oxygen atoms in total. The van der Waals surface area contributed by atoms with Crippen LogP contribution >= 0.6 is 0 Å². The summed E-state index contributed by atoms with van der Waals surface area (Å²) in [6, 6.07) is 8.93. The molecule has 0 fully saturated rings. The molecule has 1 atom stereocenters. The zero-order valence-electron chi connectivity index (χ0n) is 11.3. The molecule has 5 N–H and O–H groups in total. The molecule has 0 bridgehead atoms. The van der Waals surface area contributed by atoms with E-state index < -0.39 is 0 Å². The van der Waals surface area contributed by atoms with E-state index in [4.69, 9.17) is 11.1 Å². The summed E-state index contributed by atoms with van der Waals surface area (Å²) < 4.78 is 0. The zero-order chi connectivity index (χ0) is 13.4. The Balaban J connectivity index is 2.19. The van der Waals surface area contributed by atoms with Crippen LogP contribution in [0.3, 0.4) is 0 Å². The van der Waals surface area contributed by atoms with Crippen LogP contribution in [0.15, 0.2) is 24.3 Å². The van der Waals surface area contributed by atoms with Crippen LogP contribution in [0.25, 0.3) is 0 Å². The van der Waals surface area contributed by atoms with Crippen LogP contribution in [0.2, 0.25) is 0 Å². The van der Waals surface area contributed by atoms with E-state index in [9.17, 15) is 0 Å². The Morgan fingerprint density at radius 1 is 1.28 bits per heavy atom. The van der Waals surface area contributed by atoms with Crippen molar-refractivity contribution in [2.75, 3.05) is 6.54 Å². The lowest BCUT2D eigenvalue weighted by atomic mass is 10.1. The highest BCUT2D eigenvalue weighted by molar-refractivity contribution is 5.74. The van der Waals surface area contributed by atoms with E-state index >= 15 is 0 Å². The van der Waals surface area contributed by atoms with Gasteiger partial charge in [0.15, 0.2) is 5.96 Å². The predicted octanol–water partition coefficient (Wildman–Crippen LogP) is 1.60. The van der Waals surface area contributed by atoms with Crippen LogP contribution < -0.4 is 16.4 Å². The first kappa shape index (κ1) is 14.5. The second kappa shape index (κ2) is 7.71. The maximum Gasteiger partial charge on any atom is 0.185 e. The first-order valence-corrected chi connectivity index (χ1v) is 6.51. The summed E-state index contributed by atoms with van der Waals surface area (Å²) in [6.07, 6.45) is 2.04. The maximum absolute atomic E-state index is 7.12. The fourth-order valence-corrected chi connectivity index (χ4v) is 1.78. The van der Waals surface area contributed by atoms with E-state index in [-0.39, 0.29) is 12.0 Å². The van der Waals surface area contributed by atoms with Crippen LogP contribution in [0.1, 0.15) is 31.4 Å². The Morgan fingerprint density at radius 3 is 2.44 bits per heavy atom. The molecule has 18 heavy (non-hydrogen) atoms. The highest BCUT2D eigenvalue weighted by Gasteiger charge is 2.01. The Morgan fingerprint density at radius 2 is 1.89 bits per heavy atom. The largest absolute Gasteiger partial charge is 0.370 e. The standard InChI is InChI=1S/C14H24N4/c1-3-12-4-6-13(7-5-12)10-17-9-8-11(2)18-14(15)16/h4-7,11,17H,3,8-10H2,1-2H3,(H4,15,16,18). The van der Waals surface area contributed by atoms with Crippen molar-refractivity contribution in [3.05, 3.63) is 35.4 Å². The summed E-state index contributed by atoms with van der Waals surface area (Å²) in [5.41, 5.74) is 7.95. The Hall–Kier alpha value is -1.55. The summed E-state index contributed by atoms with van der Waals surface area (Å²) >= 11 is 0. The van der Waals surface area contributed by atoms with Crippen LogP contribution in [0.5, 0.6) is 0 Å². The van der Waals surface area contributed by atoms with E-state index in [1.165, 1.54) is 11.1 Å². The number of guanidine groups is 1. The molecule has 0 heterocycles. The Bertz CT molecular complexity index is 359. The van der Waals surface area contributed by atoms with Gasteiger partial charge in [-0.15, -0.1) is 0 Å². The SMILES string of the molecule is CCc1ccc(CNCCC(C)NC(=N)N)cc1. The van der Waals surface area contributed by atoms with Crippen molar-refractivity contribution >= 4 is 5.96 Å². The number of hydrogen-bond donors (Lipinski definition) is 4. The van der Waals surface area contributed by atoms with Crippen molar-refractivity contribution in [1.29, 1.82) is 5.41 Å². The van der Waals surface area contributed by atoms with Crippen molar-refractivity contribution in [1.82, 2.24) is 10.6 Å². The predicted molar refractivity (Wildman–Crippen MR) is 76.7 cm³/mol. The molecule has 100 valence electrons. The third-order valence-electron chi connectivity index (χ3n) is 2.92. The number of nitrogens with two attached hydrogens (primary N) is 1. The topological polar surface area (TPSA) is 73.9 Å². The van der Waals surface area contributed by atoms with Gasteiger partial charge in [0.05, 0.1) is 0 Å². The van der Waals surface area contributed by atoms with Crippen LogP contribution in [0, 0.1) is 5.41 Å². The molecule has 0 radical (unpaired) electrons. The summed E-state index contributed by atoms with van der Waals surface area (Å²) in [4.78, 5) is 0. The summed E-state index contributed by atoms with van der Waals surface area (Å²) in [7, 11) is 0. The van der Waals surface area contributed by atoms with Gasteiger partial charge in [-0.25, -0.2) is 0 Å². The third kappa shape index (κ3) is 5.68. The van der Waals surface area contributed by atoms with Gasteiger partial charge in [0.2, 0.25) is 0 Å². The monoisotopic (exact) mass is 248 g/mol. The van der Waals surface area contributed by atoms with E-state index in [2.05, 4.69) is 41.8 Å². The molecule has 1 aromatic rings. The minimum absolute atomic E-state index is 0.0395. The average Bonchev–Trinajstić information content (AvgIpc) is 2.34. The normalized spacial score (nSPS) is 12.1. The number of nitrogens with one attached hydrogen (secondary N) is 3. The first-order valence-electron chi connectivity index (χ1n) is 6.51. The lowest BCUT2D eigenvalue weighted by Gasteiger charge is -2.13. The molecule has 0 aliphatic rings. The minimum Gasteiger partial charge on any atom is -0.370 e. The lowest BCUT2D eigenvalue weighted by Crippen LogP contribution is -2.38. The van der Waals surface area contributed by atoms with Crippen molar-refractivity contribution in [3.8, 4) is 0 Å². The molecule has 0 aliphatic heterocycles. The van der Waals surface area contributed by atoms with Gasteiger partial charge in [-0.1, -0.05) is 31.2 Å². The quantitative estimate of drug-likeness (QED) is 0.336. The van der Waals surface area contributed by atoms with E-state index in [1.54, 1.807) is 0 Å². The number of benzene rings is 1. The Labute approximate surface area is 109 Å². The van der Waals surface area contributed by atoms with E-state index in [1.807, 2.05) is 6.92 Å². The summed E-state index contributed by atoms with van der Waals surface area (Å²) in [5, 5.41) is 13.4. The van der Waals surface area contributed by atoms with Gasteiger partial charge in [0.1, 0.15) is 0 Å². The molecule has 4 heteroatoms. The van der Waals surface area contributed by atoms with Crippen molar-refractivity contribution in [2.24, 2.45) is 5.73 Å². The molecule has 0 saturated carbocycles. The van der Waals surface area contributed by atoms with Crippen molar-refractivity contribution in [2.45, 2.75) is 39.3 Å². The smallest absolute Gasteiger partial charge is 0.185 e. The third-order valence-corrected chi connectivity index (χ3v) is 2.92. The second-order valence-corrected chi connectivity index (χ2v) is 4.59.